The van der Waals surface area contributed by atoms with Crippen LogP contribution in [-0.2, 0) is 0 Å². The van der Waals surface area contributed by atoms with Gasteiger partial charge in [0.05, 0.1) is 0 Å². The minimum absolute atomic E-state index is 0.0781. The van der Waals surface area contributed by atoms with Gasteiger partial charge in [-0.05, 0) is 50.7 Å². The minimum Gasteiger partial charge on any atom is -0.289 e. The van der Waals surface area contributed by atoms with Gasteiger partial charge in [-0.15, -0.1) is 0 Å². The first-order valence-electron chi connectivity index (χ1n) is 5.27. The summed E-state index contributed by atoms with van der Waals surface area (Å²) >= 11 is 5.53. The molecule has 3 rings (SSSR count). The Hall–Kier alpha value is -1.01. The van der Waals surface area contributed by atoms with E-state index in [1.54, 1.807) is 36.4 Å². The second-order valence-electron chi connectivity index (χ2n) is 4.02. The molecule has 0 radical (unpaired) electrons. The maximum Gasteiger partial charge on any atom is 0.194 e. The quantitative estimate of drug-likeness (QED) is 0.526. The molecule has 0 amide bonds. The first kappa shape index (κ1) is 12.0. The molecule has 0 atom stereocenters. The molecule has 2 nitrogen and oxygen atoms in total. The molecule has 0 fully saturated rings. The van der Waals surface area contributed by atoms with Crippen molar-refractivity contribution in [1.82, 2.24) is 0 Å². The largest absolute Gasteiger partial charge is 0.289 e. The molecular formula is C14H6BrIO2. The van der Waals surface area contributed by atoms with E-state index in [1.165, 1.54) is 0 Å². The third-order valence-electron chi connectivity index (χ3n) is 2.97. The van der Waals surface area contributed by atoms with E-state index >= 15 is 0 Å². The number of fused-ring (bicyclic) bond motifs is 2. The Balaban J connectivity index is 2.34. The summed E-state index contributed by atoms with van der Waals surface area (Å²) in [6.45, 7) is 0. The maximum atomic E-state index is 12.3. The lowest BCUT2D eigenvalue weighted by Crippen LogP contribution is -2.21. The van der Waals surface area contributed by atoms with Gasteiger partial charge in [-0.1, -0.05) is 24.3 Å². The zero-order valence-electron chi connectivity index (χ0n) is 9.04. The van der Waals surface area contributed by atoms with Crippen LogP contribution in [0.5, 0.6) is 0 Å². The van der Waals surface area contributed by atoms with Gasteiger partial charge in [0.2, 0.25) is 0 Å². The fourth-order valence-electron chi connectivity index (χ4n) is 2.09. The third-order valence-corrected chi connectivity index (χ3v) is 5.26. The lowest BCUT2D eigenvalue weighted by atomic mass is 9.84. The van der Waals surface area contributed by atoms with E-state index in [4.69, 9.17) is 0 Å². The Kier molecular flexibility index (Phi) is 2.86. The van der Waals surface area contributed by atoms with Crippen molar-refractivity contribution >= 4 is 50.1 Å². The van der Waals surface area contributed by atoms with Crippen LogP contribution in [0.25, 0.3) is 0 Å². The molecule has 0 saturated heterocycles. The fourth-order valence-corrected chi connectivity index (χ4v) is 2.90. The van der Waals surface area contributed by atoms with Gasteiger partial charge in [0, 0.05) is 30.3 Å². The van der Waals surface area contributed by atoms with Crippen LogP contribution in [0.2, 0.25) is 0 Å². The molecule has 0 unspecified atom stereocenters. The molecule has 0 heterocycles. The van der Waals surface area contributed by atoms with Crippen molar-refractivity contribution in [2.45, 2.75) is 0 Å². The Morgan fingerprint density at radius 3 is 1.89 bits per heavy atom. The Morgan fingerprint density at radius 1 is 0.833 bits per heavy atom. The molecule has 0 aliphatic heterocycles. The number of hydrogen-bond donors (Lipinski definition) is 0. The van der Waals surface area contributed by atoms with Gasteiger partial charge >= 0.3 is 0 Å². The smallest absolute Gasteiger partial charge is 0.194 e. The zero-order valence-corrected chi connectivity index (χ0v) is 12.8. The van der Waals surface area contributed by atoms with Gasteiger partial charge in [-0.2, -0.15) is 0 Å². The Bertz CT molecular complexity index is 647. The van der Waals surface area contributed by atoms with Crippen molar-refractivity contribution in [2.75, 3.05) is 0 Å². The van der Waals surface area contributed by atoms with Gasteiger partial charge in [-0.3, -0.25) is 9.59 Å². The van der Waals surface area contributed by atoms with Crippen LogP contribution in [0.15, 0.2) is 40.9 Å². The summed E-state index contributed by atoms with van der Waals surface area (Å²) in [7, 11) is 0. The minimum atomic E-state index is -0.0858. The number of benzene rings is 2. The number of carbonyl (C=O) groups is 2. The monoisotopic (exact) mass is 412 g/mol. The van der Waals surface area contributed by atoms with E-state index in [0.717, 1.165) is 8.04 Å². The molecule has 88 valence electrons. The van der Waals surface area contributed by atoms with Crippen LogP contribution in [-0.4, -0.2) is 11.6 Å². The summed E-state index contributed by atoms with van der Waals surface area (Å²) in [6, 6.07) is 10.4. The number of carbonyl (C=O) groups excluding carboxylic acids is 2. The first-order chi connectivity index (χ1) is 8.59. The van der Waals surface area contributed by atoms with E-state index in [2.05, 4.69) is 38.5 Å². The summed E-state index contributed by atoms with van der Waals surface area (Å²) in [6.07, 6.45) is 0. The topological polar surface area (TPSA) is 34.1 Å². The molecule has 2 aromatic rings. The summed E-state index contributed by atoms with van der Waals surface area (Å²) < 4.78 is 1.76. The van der Waals surface area contributed by atoms with Crippen LogP contribution in [0.3, 0.4) is 0 Å². The highest BCUT2D eigenvalue weighted by atomic mass is 127. The Morgan fingerprint density at radius 2 is 1.33 bits per heavy atom. The standard InChI is InChI=1S/C14H6BrIO2/c15-11-5-9-10(6-12(11)16)14(18)8-4-2-1-3-7(8)13(9)17/h1-6H. The number of hydrogen-bond acceptors (Lipinski definition) is 2. The lowest BCUT2D eigenvalue weighted by Gasteiger charge is -2.17. The summed E-state index contributed by atoms with van der Waals surface area (Å²) in [5.74, 6) is -0.164. The number of halogens is 2. The first-order valence-corrected chi connectivity index (χ1v) is 7.14. The van der Waals surface area contributed by atoms with Gasteiger partial charge in [0.25, 0.3) is 0 Å². The van der Waals surface area contributed by atoms with Crippen LogP contribution < -0.4 is 0 Å². The summed E-state index contributed by atoms with van der Waals surface area (Å²) in [4.78, 5) is 24.7. The molecule has 4 heteroatoms. The van der Waals surface area contributed by atoms with Gasteiger partial charge in [0.1, 0.15) is 0 Å². The molecular weight excluding hydrogens is 407 g/mol. The van der Waals surface area contributed by atoms with Crippen molar-refractivity contribution in [1.29, 1.82) is 0 Å². The summed E-state index contributed by atoms with van der Waals surface area (Å²) in [5, 5.41) is 0. The van der Waals surface area contributed by atoms with E-state index < -0.39 is 0 Å². The molecule has 0 N–H and O–H groups in total. The van der Waals surface area contributed by atoms with Gasteiger partial charge < -0.3 is 0 Å². The highest BCUT2D eigenvalue weighted by Gasteiger charge is 2.29. The van der Waals surface area contributed by atoms with Crippen molar-refractivity contribution in [3.63, 3.8) is 0 Å². The molecule has 0 spiro atoms. The van der Waals surface area contributed by atoms with Crippen LogP contribution >= 0.6 is 38.5 Å². The predicted molar refractivity (Wildman–Crippen MR) is 80.2 cm³/mol. The van der Waals surface area contributed by atoms with Gasteiger partial charge in [-0.25, -0.2) is 0 Å². The van der Waals surface area contributed by atoms with E-state index in [1.807, 2.05) is 0 Å². The van der Waals surface area contributed by atoms with Crippen molar-refractivity contribution in [3.8, 4) is 0 Å². The molecule has 0 aromatic heterocycles. The summed E-state index contributed by atoms with van der Waals surface area (Å²) in [5.41, 5.74) is 1.95. The SMILES string of the molecule is O=C1c2ccccc2C(=O)c2cc(I)c(Br)cc21. The van der Waals surface area contributed by atoms with E-state index in [9.17, 15) is 9.59 Å². The third kappa shape index (κ3) is 1.66. The van der Waals surface area contributed by atoms with Crippen molar-refractivity contribution in [3.05, 3.63) is 66.7 Å². The van der Waals surface area contributed by atoms with Crippen LogP contribution in [0.4, 0.5) is 0 Å². The number of rotatable bonds is 0. The molecule has 0 saturated carbocycles. The Labute approximate surface area is 126 Å². The van der Waals surface area contributed by atoms with E-state index in [-0.39, 0.29) is 11.6 Å². The number of ketones is 2. The second kappa shape index (κ2) is 4.28. The molecule has 0 bridgehead atoms. The molecule has 1 aliphatic carbocycles. The van der Waals surface area contributed by atoms with Crippen LogP contribution in [0, 0.1) is 3.57 Å². The fraction of sp³-hybridized carbons (Fsp3) is 0. The second-order valence-corrected chi connectivity index (χ2v) is 6.03. The highest BCUT2D eigenvalue weighted by Crippen LogP contribution is 2.31. The average molecular weight is 413 g/mol. The van der Waals surface area contributed by atoms with Crippen molar-refractivity contribution in [2.24, 2.45) is 0 Å². The zero-order chi connectivity index (χ0) is 12.9. The van der Waals surface area contributed by atoms with E-state index in [0.29, 0.717) is 22.3 Å². The lowest BCUT2D eigenvalue weighted by molar-refractivity contribution is 0.0979. The molecule has 18 heavy (non-hydrogen) atoms. The van der Waals surface area contributed by atoms with Crippen molar-refractivity contribution < 1.29 is 9.59 Å². The highest BCUT2D eigenvalue weighted by molar-refractivity contribution is 14.1. The normalized spacial score (nSPS) is 13.2. The maximum absolute atomic E-state index is 12.3. The average Bonchev–Trinajstić information content (AvgIpc) is 2.38. The molecule has 1 aliphatic rings. The predicted octanol–water partition coefficient (Wildman–Crippen LogP) is 3.83. The van der Waals surface area contributed by atoms with Crippen LogP contribution in [0.1, 0.15) is 31.8 Å². The molecule has 2 aromatic carbocycles. The van der Waals surface area contributed by atoms with Gasteiger partial charge in [0.15, 0.2) is 11.6 Å².